The maximum absolute atomic E-state index is 6.07. The molecule has 0 aromatic heterocycles. The van der Waals surface area contributed by atoms with Gasteiger partial charge in [0.1, 0.15) is 0 Å². The van der Waals surface area contributed by atoms with Crippen molar-refractivity contribution in [3.05, 3.63) is 34.9 Å². The molecule has 0 aliphatic carbocycles. The molecule has 1 aliphatic heterocycles. The van der Waals surface area contributed by atoms with Crippen molar-refractivity contribution in [1.29, 1.82) is 0 Å². The molecule has 1 aromatic carbocycles. The Labute approximate surface area is 179 Å². The minimum atomic E-state index is 0. The predicted molar refractivity (Wildman–Crippen MR) is 119 cm³/mol. The number of nitrogens with one attached hydrogen (secondary N) is 2. The lowest BCUT2D eigenvalue weighted by Crippen LogP contribution is -2.38. The molecule has 5 nitrogen and oxygen atoms in total. The van der Waals surface area contributed by atoms with E-state index in [4.69, 9.17) is 21.1 Å². The molecule has 0 saturated carbocycles. The van der Waals surface area contributed by atoms with E-state index in [1.54, 1.807) is 0 Å². The van der Waals surface area contributed by atoms with Crippen molar-refractivity contribution in [1.82, 2.24) is 10.6 Å². The first kappa shape index (κ1) is 23.5. The molecule has 0 bridgehead atoms. The average Bonchev–Trinajstić information content (AvgIpc) is 3.11. The van der Waals surface area contributed by atoms with Crippen LogP contribution in [-0.4, -0.2) is 45.5 Å². The highest BCUT2D eigenvalue weighted by Gasteiger charge is 2.15. The summed E-state index contributed by atoms with van der Waals surface area (Å²) in [4.78, 5) is 4.63. The van der Waals surface area contributed by atoms with E-state index in [1.807, 2.05) is 18.2 Å². The van der Waals surface area contributed by atoms with Gasteiger partial charge in [0.25, 0.3) is 0 Å². The zero-order chi connectivity index (χ0) is 17.9. The highest BCUT2D eigenvalue weighted by molar-refractivity contribution is 14.0. The first-order valence-corrected chi connectivity index (χ1v) is 9.52. The Morgan fingerprint density at radius 1 is 1.46 bits per heavy atom. The zero-order valence-corrected chi connectivity index (χ0v) is 18.8. The van der Waals surface area contributed by atoms with Crippen molar-refractivity contribution in [3.8, 4) is 0 Å². The summed E-state index contributed by atoms with van der Waals surface area (Å²) in [5.74, 6) is 1.39. The molecular formula is C19H31ClIN3O2. The van der Waals surface area contributed by atoms with E-state index < -0.39 is 0 Å². The number of hydrogen-bond donors (Lipinski definition) is 2. The molecule has 2 rings (SSSR count). The van der Waals surface area contributed by atoms with Crippen LogP contribution in [0.1, 0.15) is 38.3 Å². The number of rotatable bonds is 9. The molecule has 0 radical (unpaired) electrons. The molecule has 2 unspecified atom stereocenters. The van der Waals surface area contributed by atoms with Gasteiger partial charge in [0.15, 0.2) is 5.96 Å². The van der Waals surface area contributed by atoms with Gasteiger partial charge in [-0.25, -0.2) is 0 Å². The van der Waals surface area contributed by atoms with E-state index in [2.05, 4.69) is 35.5 Å². The summed E-state index contributed by atoms with van der Waals surface area (Å²) in [6.07, 6.45) is 2.03. The fraction of sp³-hybridized carbons (Fsp3) is 0.632. The first-order chi connectivity index (χ1) is 12.2. The van der Waals surface area contributed by atoms with E-state index in [0.717, 1.165) is 68.9 Å². The number of aliphatic imine (C=N–C) groups is 1. The van der Waals surface area contributed by atoms with Crippen LogP contribution in [0.3, 0.4) is 0 Å². The van der Waals surface area contributed by atoms with Crippen molar-refractivity contribution in [2.45, 2.75) is 32.7 Å². The molecule has 0 spiro atoms. The Balaban J connectivity index is 0.00000338. The lowest BCUT2D eigenvalue weighted by atomic mass is 10.1. The van der Waals surface area contributed by atoms with Crippen molar-refractivity contribution in [2.24, 2.45) is 10.9 Å². The normalized spacial score (nSPS) is 18.3. The fourth-order valence-electron chi connectivity index (χ4n) is 2.71. The Kier molecular flexibility index (Phi) is 12.3. The average molecular weight is 496 g/mol. The van der Waals surface area contributed by atoms with Crippen LogP contribution in [0.15, 0.2) is 29.3 Å². The van der Waals surface area contributed by atoms with E-state index >= 15 is 0 Å². The molecule has 7 heteroatoms. The van der Waals surface area contributed by atoms with Crippen LogP contribution in [-0.2, 0) is 9.47 Å². The minimum absolute atomic E-state index is 0. The summed E-state index contributed by atoms with van der Waals surface area (Å²) >= 11 is 6.07. The Hall–Kier alpha value is -0.570. The van der Waals surface area contributed by atoms with Crippen LogP contribution in [0.2, 0.25) is 5.02 Å². The van der Waals surface area contributed by atoms with Crippen LogP contribution in [0.5, 0.6) is 0 Å². The smallest absolute Gasteiger partial charge is 0.191 e. The van der Waals surface area contributed by atoms with Gasteiger partial charge in [0.2, 0.25) is 0 Å². The molecular weight excluding hydrogens is 465 g/mol. The third-order valence-corrected chi connectivity index (χ3v) is 4.38. The first-order valence-electron chi connectivity index (χ1n) is 9.14. The maximum atomic E-state index is 6.07. The quantitative estimate of drug-likeness (QED) is 0.235. The number of ether oxygens (including phenoxy) is 2. The van der Waals surface area contributed by atoms with Crippen LogP contribution in [0, 0.1) is 5.92 Å². The maximum Gasteiger partial charge on any atom is 0.191 e. The van der Waals surface area contributed by atoms with Crippen molar-refractivity contribution < 1.29 is 9.47 Å². The third-order valence-electron chi connectivity index (χ3n) is 4.14. The fourth-order valence-corrected chi connectivity index (χ4v) is 2.91. The van der Waals surface area contributed by atoms with Crippen molar-refractivity contribution in [2.75, 3.05) is 39.5 Å². The lowest BCUT2D eigenvalue weighted by molar-refractivity contribution is 0.0893. The van der Waals surface area contributed by atoms with Crippen LogP contribution in [0.25, 0.3) is 0 Å². The number of halogens is 2. The highest BCUT2D eigenvalue weighted by atomic mass is 127. The van der Waals surface area contributed by atoms with Gasteiger partial charge in [-0.2, -0.15) is 0 Å². The van der Waals surface area contributed by atoms with Gasteiger partial charge in [0, 0.05) is 37.2 Å². The van der Waals surface area contributed by atoms with Gasteiger partial charge >= 0.3 is 0 Å². The molecule has 1 saturated heterocycles. The monoisotopic (exact) mass is 495 g/mol. The van der Waals surface area contributed by atoms with Gasteiger partial charge in [0.05, 0.1) is 19.3 Å². The molecule has 1 aromatic rings. The van der Waals surface area contributed by atoms with Crippen molar-refractivity contribution in [3.63, 3.8) is 0 Å². The second kappa shape index (κ2) is 13.6. The van der Waals surface area contributed by atoms with Crippen LogP contribution >= 0.6 is 35.6 Å². The van der Waals surface area contributed by atoms with Gasteiger partial charge in [-0.3, -0.25) is 4.99 Å². The number of hydrogen-bond acceptors (Lipinski definition) is 3. The van der Waals surface area contributed by atoms with Crippen molar-refractivity contribution >= 4 is 41.5 Å². The summed E-state index contributed by atoms with van der Waals surface area (Å²) in [6.45, 7) is 8.98. The number of benzene rings is 1. The zero-order valence-electron chi connectivity index (χ0n) is 15.7. The standard InChI is InChI=1S/C19H30ClN3O2.HI/c1-3-21-19(23-15(2)17-6-4-7-18(20)12-17)22-9-5-10-24-13-16-8-11-25-14-16;/h4,6-7,12,15-16H,3,5,8-11,13-14H2,1-2H3,(H2,21,22,23);1H. The second-order valence-corrected chi connectivity index (χ2v) is 6.78. The van der Waals surface area contributed by atoms with E-state index in [-0.39, 0.29) is 30.0 Å². The molecule has 2 N–H and O–H groups in total. The molecule has 1 heterocycles. The second-order valence-electron chi connectivity index (χ2n) is 6.34. The topological polar surface area (TPSA) is 54.9 Å². The Morgan fingerprint density at radius 3 is 3.00 bits per heavy atom. The van der Waals surface area contributed by atoms with E-state index in [0.29, 0.717) is 5.92 Å². The SMILES string of the molecule is CCNC(=NCCCOCC1CCOC1)NC(C)c1cccc(Cl)c1.I. The van der Waals surface area contributed by atoms with E-state index in [9.17, 15) is 0 Å². The van der Waals surface area contributed by atoms with Gasteiger partial charge in [-0.15, -0.1) is 24.0 Å². The summed E-state index contributed by atoms with van der Waals surface area (Å²) in [5.41, 5.74) is 1.14. The van der Waals surface area contributed by atoms with Crippen LogP contribution < -0.4 is 10.6 Å². The predicted octanol–water partition coefficient (Wildman–Crippen LogP) is 4.02. The summed E-state index contributed by atoms with van der Waals surface area (Å²) < 4.78 is 11.1. The van der Waals surface area contributed by atoms with Gasteiger partial charge < -0.3 is 20.1 Å². The molecule has 148 valence electrons. The van der Waals surface area contributed by atoms with E-state index in [1.165, 1.54) is 0 Å². The lowest BCUT2D eigenvalue weighted by Gasteiger charge is -2.18. The molecule has 26 heavy (non-hydrogen) atoms. The molecule has 1 fully saturated rings. The van der Waals surface area contributed by atoms with Gasteiger partial charge in [-0.1, -0.05) is 23.7 Å². The number of guanidine groups is 1. The Bertz CT molecular complexity index is 539. The summed E-state index contributed by atoms with van der Waals surface area (Å²) in [7, 11) is 0. The molecule has 2 atom stereocenters. The van der Waals surface area contributed by atoms with Gasteiger partial charge in [-0.05, 0) is 44.4 Å². The Morgan fingerprint density at radius 2 is 2.31 bits per heavy atom. The highest BCUT2D eigenvalue weighted by Crippen LogP contribution is 2.17. The summed E-state index contributed by atoms with van der Waals surface area (Å²) in [5, 5.41) is 7.45. The molecule has 0 amide bonds. The van der Waals surface area contributed by atoms with Crippen LogP contribution in [0.4, 0.5) is 0 Å². The minimum Gasteiger partial charge on any atom is -0.381 e. The number of nitrogens with zero attached hydrogens (tertiary/aromatic N) is 1. The molecule has 1 aliphatic rings. The largest absolute Gasteiger partial charge is 0.381 e. The summed E-state index contributed by atoms with van der Waals surface area (Å²) in [6, 6.07) is 8.02. The third kappa shape index (κ3) is 8.88.